The van der Waals surface area contributed by atoms with Crippen LogP contribution in [0.15, 0.2) is 53.3 Å². The zero-order valence-electron chi connectivity index (χ0n) is 36.2. The molecule has 0 aliphatic heterocycles. The van der Waals surface area contributed by atoms with Crippen LogP contribution in [0.2, 0.25) is 5.02 Å². The van der Waals surface area contributed by atoms with Crippen molar-refractivity contribution in [2.45, 2.75) is 93.4 Å². The molecule has 3 aromatic heterocycles. The lowest BCUT2D eigenvalue weighted by Crippen LogP contribution is -2.38. The fraction of sp³-hybridized carbons (Fsp3) is 0.386. The van der Waals surface area contributed by atoms with Gasteiger partial charge in [0.15, 0.2) is 15.7 Å². The maximum Gasteiger partial charge on any atom is 0.293 e. The third kappa shape index (κ3) is 8.81. The van der Waals surface area contributed by atoms with E-state index in [9.17, 15) is 48.0 Å². The Morgan fingerprint density at radius 1 is 0.986 bits per heavy atom. The Hall–Kier alpha value is -6.06. The number of nitrogens with zero attached hydrogens (tertiary/aromatic N) is 6. The SMILES string of the molecule is CC(C)(C#Cc1ccc2c(=O)n(-c3ccc(Cl)c4c(NS(=O)(=O)C5CC5)nn(CC(F)F)c34)c([C@H](Cc3cc(F)cc(F)c3)NC(=O)Cn3nc(C(F)F)c4c3C(F)(F)C3CC43)nc2c1)S(C)(=O)=O. The first-order chi connectivity index (χ1) is 32.2. The summed E-state index contributed by atoms with van der Waals surface area (Å²) in [5, 5.41) is 8.91. The van der Waals surface area contributed by atoms with Gasteiger partial charge in [-0.25, -0.2) is 48.2 Å². The van der Waals surface area contributed by atoms with Crippen LogP contribution in [0.3, 0.4) is 0 Å². The summed E-state index contributed by atoms with van der Waals surface area (Å²) in [5.41, 5.74) is -4.06. The van der Waals surface area contributed by atoms with Gasteiger partial charge in [-0.3, -0.25) is 28.2 Å². The van der Waals surface area contributed by atoms with Crippen LogP contribution in [-0.2, 0) is 50.1 Å². The Labute approximate surface area is 392 Å². The first-order valence-electron chi connectivity index (χ1n) is 21.1. The van der Waals surface area contributed by atoms with E-state index >= 15 is 13.6 Å². The molecule has 0 radical (unpaired) electrons. The van der Waals surface area contributed by atoms with Crippen LogP contribution in [0.1, 0.15) is 85.4 Å². The highest BCUT2D eigenvalue weighted by atomic mass is 35.5. The molecule has 6 aromatic rings. The fourth-order valence-electron chi connectivity index (χ4n) is 8.56. The van der Waals surface area contributed by atoms with Crippen LogP contribution in [0, 0.1) is 29.4 Å². The molecule has 364 valence electrons. The van der Waals surface area contributed by atoms with Gasteiger partial charge in [0.05, 0.1) is 43.8 Å². The van der Waals surface area contributed by atoms with E-state index in [-0.39, 0.29) is 55.6 Å². The molecule has 2 unspecified atom stereocenters. The predicted octanol–water partition coefficient (Wildman–Crippen LogP) is 7.45. The van der Waals surface area contributed by atoms with Gasteiger partial charge in [-0.2, -0.15) is 19.0 Å². The van der Waals surface area contributed by atoms with E-state index in [2.05, 4.69) is 32.1 Å². The maximum atomic E-state index is 15.6. The van der Waals surface area contributed by atoms with Crippen molar-refractivity contribution >= 4 is 65.0 Å². The Morgan fingerprint density at radius 2 is 1.68 bits per heavy atom. The predicted molar refractivity (Wildman–Crippen MR) is 236 cm³/mol. The standard InChI is InChI=1S/C44H37ClF8N8O6S2/c1-43(2,68(3,64)65)11-10-20-4-7-25-29(14-20)55-41(61(42(25)63)31-9-8-28(45)35-37(31)59(18-32(48)49)57-40(35)58-69(66,67)24-5-6-24)30(15-21-12-22(46)16-23(47)13-21)54-33(62)19-60-38-34(36(56-60)39(50)51)26-17-27(26)44(38,52)53/h4,7-9,12-14,16,24,26-27,30,32,39H,5-6,15,17-19H2,1-3H3,(H,54,62)(H,57,58)/t26?,27?,30-/m0/s1. The van der Waals surface area contributed by atoms with Gasteiger partial charge in [0.1, 0.15) is 46.7 Å². The lowest BCUT2D eigenvalue weighted by Gasteiger charge is -2.24. The average molecular weight is 1030 g/mol. The van der Waals surface area contributed by atoms with Crippen LogP contribution < -0.4 is 15.6 Å². The molecule has 2 N–H and O–H groups in total. The van der Waals surface area contributed by atoms with Gasteiger partial charge in [-0.15, -0.1) is 0 Å². The van der Waals surface area contributed by atoms with Crippen LogP contribution in [0.4, 0.5) is 40.9 Å². The molecular weight excluding hydrogens is 988 g/mol. The van der Waals surface area contributed by atoms with Gasteiger partial charge in [0.2, 0.25) is 15.9 Å². The molecule has 3 aliphatic carbocycles. The quantitative estimate of drug-likeness (QED) is 0.0828. The van der Waals surface area contributed by atoms with E-state index in [1.165, 1.54) is 44.2 Å². The number of nitrogens with one attached hydrogen (secondary N) is 2. The molecule has 25 heteroatoms. The number of aromatic nitrogens is 6. The zero-order chi connectivity index (χ0) is 49.9. The second-order valence-electron chi connectivity index (χ2n) is 17.7. The van der Waals surface area contributed by atoms with Crippen molar-refractivity contribution in [3.8, 4) is 17.5 Å². The largest absolute Gasteiger partial charge is 0.344 e. The van der Waals surface area contributed by atoms with Crippen LogP contribution in [-0.4, -0.2) is 74.5 Å². The summed E-state index contributed by atoms with van der Waals surface area (Å²) in [4.78, 5) is 34.1. The molecule has 69 heavy (non-hydrogen) atoms. The number of amides is 1. The van der Waals surface area contributed by atoms with Gasteiger partial charge in [0, 0.05) is 35.8 Å². The Balaban J connectivity index is 1.27. The van der Waals surface area contributed by atoms with Gasteiger partial charge < -0.3 is 5.32 Å². The monoisotopic (exact) mass is 1020 g/mol. The number of hydrogen-bond donors (Lipinski definition) is 2. The first-order valence-corrected chi connectivity index (χ1v) is 24.9. The lowest BCUT2D eigenvalue weighted by molar-refractivity contribution is -0.123. The summed E-state index contributed by atoms with van der Waals surface area (Å²) >= 11 is 6.65. The van der Waals surface area contributed by atoms with Crippen molar-refractivity contribution in [2.24, 2.45) is 5.92 Å². The highest BCUT2D eigenvalue weighted by Crippen LogP contribution is 2.68. The third-order valence-corrected chi connectivity index (χ3v) is 16.5. The van der Waals surface area contributed by atoms with Crippen LogP contribution >= 0.6 is 11.6 Å². The van der Waals surface area contributed by atoms with E-state index < -0.39 is 132 Å². The second kappa shape index (κ2) is 16.8. The van der Waals surface area contributed by atoms with Gasteiger partial charge >= 0.3 is 0 Å². The molecule has 0 bridgehead atoms. The van der Waals surface area contributed by atoms with Crippen molar-refractivity contribution in [2.75, 3.05) is 11.0 Å². The summed E-state index contributed by atoms with van der Waals surface area (Å²) in [5.74, 6) is -4.77. The molecule has 3 aliphatic rings. The van der Waals surface area contributed by atoms with E-state index in [1.54, 1.807) is 0 Å². The number of sulfone groups is 1. The minimum absolute atomic E-state index is 0.0696. The molecule has 14 nitrogen and oxygen atoms in total. The minimum atomic E-state index is -4.12. The fourth-order valence-corrected chi connectivity index (χ4v) is 10.4. The van der Waals surface area contributed by atoms with Gasteiger partial charge in [-0.1, -0.05) is 23.4 Å². The second-order valence-corrected chi connectivity index (χ2v) is 22.6. The van der Waals surface area contributed by atoms with Crippen molar-refractivity contribution in [1.82, 2.24) is 34.4 Å². The number of alkyl halides is 6. The van der Waals surface area contributed by atoms with Crippen molar-refractivity contribution in [1.29, 1.82) is 0 Å². The van der Waals surface area contributed by atoms with Gasteiger partial charge in [0.25, 0.3) is 24.3 Å². The van der Waals surface area contributed by atoms with Gasteiger partial charge in [-0.05, 0) is 87.1 Å². The number of carbonyl (C=O) groups is 1. The molecule has 1 amide bonds. The van der Waals surface area contributed by atoms with E-state index in [4.69, 9.17) is 16.6 Å². The number of rotatable bonds is 14. The number of halogens is 9. The topological polar surface area (TPSA) is 180 Å². The highest BCUT2D eigenvalue weighted by molar-refractivity contribution is 7.93. The maximum absolute atomic E-state index is 15.6. The number of fused-ring (bicyclic) bond motifs is 5. The summed E-state index contributed by atoms with van der Waals surface area (Å²) in [6.07, 6.45) is -5.54. The summed E-state index contributed by atoms with van der Waals surface area (Å²) in [6, 6.07) is 6.84. The molecule has 3 heterocycles. The molecular formula is C44H37ClF8N8O6S2. The zero-order valence-corrected chi connectivity index (χ0v) is 38.6. The molecule has 2 fully saturated rings. The molecule has 9 rings (SSSR count). The summed E-state index contributed by atoms with van der Waals surface area (Å²) in [7, 11) is -7.85. The van der Waals surface area contributed by atoms with E-state index in [0.29, 0.717) is 28.3 Å². The smallest absolute Gasteiger partial charge is 0.293 e. The highest BCUT2D eigenvalue weighted by Gasteiger charge is 2.67. The number of hydrogen-bond acceptors (Lipinski definition) is 9. The molecule has 0 spiro atoms. The number of sulfonamides is 1. The Kier molecular flexibility index (Phi) is 11.7. The number of benzene rings is 3. The van der Waals surface area contributed by atoms with Crippen molar-refractivity contribution in [3.05, 3.63) is 109 Å². The first kappa shape index (κ1) is 48.0. The summed E-state index contributed by atoms with van der Waals surface area (Å²) < 4.78 is 172. The Bertz CT molecular complexity index is 3490. The normalized spacial score (nSPS) is 18.1. The lowest BCUT2D eigenvalue weighted by atomic mass is 10.0. The number of carbonyl (C=O) groups excluding carboxylic acids is 1. The summed E-state index contributed by atoms with van der Waals surface area (Å²) in [6.45, 7) is 0.424. The number of anilines is 1. The minimum Gasteiger partial charge on any atom is -0.344 e. The van der Waals surface area contributed by atoms with E-state index in [0.717, 1.165) is 23.0 Å². The van der Waals surface area contributed by atoms with Crippen LogP contribution in [0.25, 0.3) is 27.5 Å². The molecule has 0 saturated heterocycles. The molecule has 2 saturated carbocycles. The molecule has 3 aromatic carbocycles. The van der Waals surface area contributed by atoms with Crippen LogP contribution in [0.5, 0.6) is 0 Å². The average Bonchev–Trinajstić information content (AvgIpc) is 4.16. The Morgan fingerprint density at radius 3 is 2.32 bits per heavy atom. The molecule has 3 atom stereocenters. The van der Waals surface area contributed by atoms with Crippen molar-refractivity contribution < 1.29 is 56.8 Å². The van der Waals surface area contributed by atoms with Crippen molar-refractivity contribution in [3.63, 3.8) is 0 Å². The van der Waals surface area contributed by atoms with E-state index in [1.807, 2.05) is 0 Å². The third-order valence-electron chi connectivity index (χ3n) is 12.4.